The molecule has 2 aliphatic heterocycles. The summed E-state index contributed by atoms with van der Waals surface area (Å²) < 4.78 is 29.3. The number of sulfonamides is 1. The van der Waals surface area contributed by atoms with E-state index in [9.17, 15) is 8.42 Å². The lowest BCUT2D eigenvalue weighted by atomic mass is 9.95. The first kappa shape index (κ1) is 21.2. The highest BCUT2D eigenvalue weighted by atomic mass is 32.2. The highest BCUT2D eigenvalue weighted by Gasteiger charge is 2.52. The molecule has 2 heterocycles. The maximum absolute atomic E-state index is 13.8. The molecule has 2 fully saturated rings. The van der Waals surface area contributed by atoms with Crippen molar-refractivity contribution in [2.45, 2.75) is 43.7 Å². The van der Waals surface area contributed by atoms with Crippen molar-refractivity contribution < 1.29 is 8.42 Å². The molecule has 2 aliphatic rings. The highest BCUT2D eigenvalue weighted by Crippen LogP contribution is 2.42. The Morgan fingerprint density at radius 2 is 1.47 bits per heavy atom. The number of benzene rings is 3. The van der Waals surface area contributed by atoms with Crippen molar-refractivity contribution >= 4 is 15.7 Å². The van der Waals surface area contributed by atoms with Crippen LogP contribution in [0.25, 0.3) is 0 Å². The molecular formula is C27H30N2O2S. The summed E-state index contributed by atoms with van der Waals surface area (Å²) in [6, 6.07) is 26.3. The molecule has 0 bridgehead atoms. The summed E-state index contributed by atoms with van der Waals surface area (Å²) in [4.78, 5) is 2.84. The summed E-state index contributed by atoms with van der Waals surface area (Å²) in [6.45, 7) is 5.64. The molecule has 5 rings (SSSR count). The maximum atomic E-state index is 13.8. The summed E-state index contributed by atoms with van der Waals surface area (Å²) in [6.07, 6.45) is 1.74. The zero-order valence-corrected chi connectivity index (χ0v) is 19.5. The van der Waals surface area contributed by atoms with Crippen LogP contribution >= 0.6 is 0 Å². The Balaban J connectivity index is 1.54. The van der Waals surface area contributed by atoms with Crippen LogP contribution in [0.4, 0.5) is 5.69 Å². The summed E-state index contributed by atoms with van der Waals surface area (Å²) in [5, 5.41) is 0. The maximum Gasteiger partial charge on any atom is 0.243 e. The Hall–Kier alpha value is -2.63. The average Bonchev–Trinajstić information content (AvgIpc) is 3.36. The summed E-state index contributed by atoms with van der Waals surface area (Å²) >= 11 is 0. The van der Waals surface area contributed by atoms with Crippen LogP contribution in [0.1, 0.15) is 23.1 Å². The highest BCUT2D eigenvalue weighted by molar-refractivity contribution is 7.89. The molecule has 0 unspecified atom stereocenters. The molecule has 2 saturated heterocycles. The van der Waals surface area contributed by atoms with Gasteiger partial charge in [-0.05, 0) is 62.4 Å². The van der Waals surface area contributed by atoms with Crippen LogP contribution in [0.2, 0.25) is 0 Å². The lowest BCUT2D eigenvalue weighted by Gasteiger charge is -2.34. The summed E-state index contributed by atoms with van der Waals surface area (Å²) in [7, 11) is -3.57. The van der Waals surface area contributed by atoms with Gasteiger partial charge in [0.05, 0.1) is 10.9 Å². The van der Waals surface area contributed by atoms with Gasteiger partial charge >= 0.3 is 0 Å². The van der Waals surface area contributed by atoms with Crippen molar-refractivity contribution in [3.05, 3.63) is 95.6 Å². The van der Waals surface area contributed by atoms with E-state index in [0.717, 1.165) is 24.9 Å². The van der Waals surface area contributed by atoms with E-state index in [1.807, 2.05) is 37.3 Å². The minimum atomic E-state index is -3.57. The lowest BCUT2D eigenvalue weighted by Crippen LogP contribution is -2.47. The number of fused-ring (bicyclic) bond motifs is 1. The van der Waals surface area contributed by atoms with Gasteiger partial charge in [-0.25, -0.2) is 8.42 Å². The summed E-state index contributed by atoms with van der Waals surface area (Å²) in [5.74, 6) is 0.338. The normalized spacial score (nSPS) is 23.4. The molecule has 4 nitrogen and oxygen atoms in total. The zero-order valence-electron chi connectivity index (χ0n) is 18.7. The van der Waals surface area contributed by atoms with Crippen LogP contribution in [0.5, 0.6) is 0 Å². The minimum Gasteiger partial charge on any atom is -0.367 e. The Kier molecular flexibility index (Phi) is 5.56. The van der Waals surface area contributed by atoms with E-state index in [1.54, 1.807) is 16.4 Å². The third-order valence-electron chi connectivity index (χ3n) is 7.04. The van der Waals surface area contributed by atoms with Gasteiger partial charge in [0.15, 0.2) is 0 Å². The average molecular weight is 447 g/mol. The van der Waals surface area contributed by atoms with Gasteiger partial charge < -0.3 is 4.90 Å². The second-order valence-corrected chi connectivity index (χ2v) is 11.1. The van der Waals surface area contributed by atoms with Crippen molar-refractivity contribution in [1.82, 2.24) is 4.31 Å². The van der Waals surface area contributed by atoms with Crippen LogP contribution < -0.4 is 4.90 Å². The number of rotatable bonds is 5. The quantitative estimate of drug-likeness (QED) is 0.565. The Labute approximate surface area is 191 Å². The molecule has 0 spiro atoms. The molecule has 0 N–H and O–H groups in total. The van der Waals surface area contributed by atoms with Gasteiger partial charge in [-0.1, -0.05) is 65.7 Å². The number of hydrogen-bond acceptors (Lipinski definition) is 3. The molecule has 3 aromatic rings. The SMILES string of the molecule is Cc1ccc(N2CC[C@@H]3CN(S(=O)(=O)c4ccc(C)cc4)[C@@H](Cc4ccccc4)[C@@H]32)cc1. The molecule has 32 heavy (non-hydrogen) atoms. The first-order valence-electron chi connectivity index (χ1n) is 11.4. The van der Waals surface area contributed by atoms with Crippen molar-refractivity contribution in [3.63, 3.8) is 0 Å². The van der Waals surface area contributed by atoms with Crippen LogP contribution in [-0.2, 0) is 16.4 Å². The Morgan fingerprint density at radius 1 is 0.844 bits per heavy atom. The van der Waals surface area contributed by atoms with Gasteiger partial charge in [-0.3, -0.25) is 0 Å². The lowest BCUT2D eigenvalue weighted by molar-refractivity contribution is 0.362. The smallest absolute Gasteiger partial charge is 0.243 e. The number of aryl methyl sites for hydroxylation is 2. The van der Waals surface area contributed by atoms with Crippen LogP contribution in [0, 0.1) is 19.8 Å². The van der Waals surface area contributed by atoms with Crippen molar-refractivity contribution in [2.75, 3.05) is 18.0 Å². The standard InChI is InChI=1S/C27H30N2O2S/c1-20-8-12-24(13-9-20)28-17-16-23-19-29(32(30,31)25-14-10-21(2)11-15-25)26(27(23)28)18-22-6-4-3-5-7-22/h3-15,23,26-27H,16-19H2,1-2H3/t23-,26+,27-/m1/s1. The number of hydrogen-bond donors (Lipinski definition) is 0. The monoisotopic (exact) mass is 446 g/mol. The van der Waals surface area contributed by atoms with Gasteiger partial charge in [-0.2, -0.15) is 4.31 Å². The number of nitrogens with zero attached hydrogens (tertiary/aromatic N) is 2. The minimum absolute atomic E-state index is 0.0995. The fourth-order valence-electron chi connectivity index (χ4n) is 5.37. The number of anilines is 1. The van der Waals surface area contributed by atoms with Gasteiger partial charge in [0.1, 0.15) is 0 Å². The summed E-state index contributed by atoms with van der Waals surface area (Å²) in [5.41, 5.74) is 4.67. The molecule has 166 valence electrons. The van der Waals surface area contributed by atoms with E-state index in [0.29, 0.717) is 17.4 Å². The third kappa shape index (κ3) is 3.84. The predicted molar refractivity (Wildman–Crippen MR) is 129 cm³/mol. The molecule has 5 heteroatoms. The van der Waals surface area contributed by atoms with E-state index < -0.39 is 10.0 Å². The van der Waals surface area contributed by atoms with Crippen molar-refractivity contribution in [1.29, 1.82) is 0 Å². The van der Waals surface area contributed by atoms with Gasteiger partial charge in [0.2, 0.25) is 10.0 Å². The van der Waals surface area contributed by atoms with Gasteiger partial charge in [-0.15, -0.1) is 0 Å². The van der Waals surface area contributed by atoms with E-state index in [2.05, 4.69) is 48.2 Å². The van der Waals surface area contributed by atoms with Gasteiger partial charge in [0.25, 0.3) is 0 Å². The fourth-order valence-corrected chi connectivity index (χ4v) is 7.07. The van der Waals surface area contributed by atoms with Gasteiger partial charge in [0, 0.05) is 24.8 Å². The largest absolute Gasteiger partial charge is 0.367 e. The van der Waals surface area contributed by atoms with Crippen molar-refractivity contribution in [2.24, 2.45) is 5.92 Å². The molecule has 0 aromatic heterocycles. The second-order valence-electron chi connectivity index (χ2n) is 9.21. The van der Waals surface area contributed by atoms with Crippen LogP contribution in [0.3, 0.4) is 0 Å². The molecular weight excluding hydrogens is 416 g/mol. The Bertz CT molecular complexity index is 1170. The zero-order chi connectivity index (χ0) is 22.3. The molecule has 0 amide bonds. The van der Waals surface area contributed by atoms with E-state index in [4.69, 9.17) is 0 Å². The fraction of sp³-hybridized carbons (Fsp3) is 0.333. The van der Waals surface area contributed by atoms with E-state index in [1.165, 1.54) is 16.8 Å². The first-order valence-corrected chi connectivity index (χ1v) is 12.8. The topological polar surface area (TPSA) is 40.6 Å². The second kappa shape index (κ2) is 8.38. The predicted octanol–water partition coefficient (Wildman–Crippen LogP) is 4.81. The van der Waals surface area contributed by atoms with E-state index in [-0.39, 0.29) is 12.1 Å². The third-order valence-corrected chi connectivity index (χ3v) is 8.95. The molecule has 0 aliphatic carbocycles. The molecule has 0 radical (unpaired) electrons. The molecule has 3 aromatic carbocycles. The molecule has 3 atom stereocenters. The Morgan fingerprint density at radius 3 is 2.12 bits per heavy atom. The van der Waals surface area contributed by atoms with Crippen LogP contribution in [0.15, 0.2) is 83.8 Å². The van der Waals surface area contributed by atoms with E-state index >= 15 is 0 Å². The van der Waals surface area contributed by atoms with Crippen molar-refractivity contribution in [3.8, 4) is 0 Å². The first-order chi connectivity index (χ1) is 15.4. The van der Waals surface area contributed by atoms with Crippen LogP contribution in [-0.4, -0.2) is 37.9 Å². The molecule has 0 saturated carbocycles.